The van der Waals surface area contributed by atoms with Gasteiger partial charge in [-0.05, 0) is 52.4 Å². The second-order valence-corrected chi connectivity index (χ2v) is 7.62. The van der Waals surface area contributed by atoms with Gasteiger partial charge in [0, 0.05) is 37.1 Å². The Kier molecular flexibility index (Phi) is 4.36. The predicted molar refractivity (Wildman–Crippen MR) is 97.8 cm³/mol. The van der Waals surface area contributed by atoms with Gasteiger partial charge in [0.05, 0.1) is 11.6 Å². The lowest BCUT2D eigenvalue weighted by molar-refractivity contribution is -0.125. The Morgan fingerprint density at radius 3 is 2.96 bits per heavy atom. The van der Waals surface area contributed by atoms with Crippen LogP contribution in [0.1, 0.15) is 50.8 Å². The molecule has 0 saturated carbocycles. The van der Waals surface area contributed by atoms with Crippen LogP contribution in [-0.2, 0) is 17.6 Å². The molecule has 0 radical (unpaired) electrons. The van der Waals surface area contributed by atoms with Crippen LogP contribution in [-0.4, -0.2) is 39.6 Å². The lowest BCUT2D eigenvalue weighted by atomic mass is 9.95. The molecule has 2 aromatic rings. The molecule has 1 fully saturated rings. The highest BCUT2D eigenvalue weighted by Crippen LogP contribution is 2.32. The van der Waals surface area contributed by atoms with Gasteiger partial charge in [0.2, 0.25) is 5.91 Å². The van der Waals surface area contributed by atoms with E-state index in [2.05, 4.69) is 10.2 Å². The minimum absolute atomic E-state index is 0.0388. The zero-order valence-electron chi connectivity index (χ0n) is 15.2. The van der Waals surface area contributed by atoms with Gasteiger partial charge >= 0.3 is 0 Å². The number of nitrogens with zero attached hydrogens (tertiary/aromatic N) is 4. The molecular formula is C19H27N5O. The molecule has 2 aliphatic rings. The summed E-state index contributed by atoms with van der Waals surface area (Å²) in [4.78, 5) is 19.4. The molecule has 4 rings (SSSR count). The summed E-state index contributed by atoms with van der Waals surface area (Å²) in [6.07, 6.45) is 10.4. The van der Waals surface area contributed by atoms with E-state index in [1.54, 1.807) is 0 Å². The third kappa shape index (κ3) is 3.10. The fourth-order valence-electron chi connectivity index (χ4n) is 4.16. The van der Waals surface area contributed by atoms with E-state index in [9.17, 15) is 4.79 Å². The second kappa shape index (κ2) is 6.65. The number of aromatic nitrogens is 3. The summed E-state index contributed by atoms with van der Waals surface area (Å²) in [7, 11) is 0. The van der Waals surface area contributed by atoms with Crippen molar-refractivity contribution in [1.29, 1.82) is 0 Å². The average molecular weight is 341 g/mol. The average Bonchev–Trinajstić information content (AvgIpc) is 3.00. The van der Waals surface area contributed by atoms with E-state index in [0.717, 1.165) is 50.1 Å². The maximum absolute atomic E-state index is 12.5. The number of rotatable bonds is 3. The topological polar surface area (TPSA) is 62.5 Å². The Bertz CT molecular complexity index is 781. The van der Waals surface area contributed by atoms with Crippen molar-refractivity contribution in [2.24, 2.45) is 5.92 Å². The van der Waals surface area contributed by atoms with Crippen molar-refractivity contribution in [1.82, 2.24) is 19.9 Å². The fraction of sp³-hybridized carbons (Fsp3) is 0.632. The van der Waals surface area contributed by atoms with Crippen LogP contribution in [0.4, 0.5) is 5.82 Å². The Morgan fingerprint density at radius 1 is 1.28 bits per heavy atom. The van der Waals surface area contributed by atoms with Gasteiger partial charge in [-0.1, -0.05) is 0 Å². The van der Waals surface area contributed by atoms with Gasteiger partial charge in [-0.3, -0.25) is 4.79 Å². The number of amides is 1. The monoisotopic (exact) mass is 341 g/mol. The summed E-state index contributed by atoms with van der Waals surface area (Å²) in [5.41, 5.74) is 3.75. The smallest absolute Gasteiger partial charge is 0.225 e. The first-order valence-electron chi connectivity index (χ1n) is 9.54. The van der Waals surface area contributed by atoms with Gasteiger partial charge in [0.1, 0.15) is 5.52 Å². The van der Waals surface area contributed by atoms with Crippen molar-refractivity contribution in [3.8, 4) is 0 Å². The zero-order chi connectivity index (χ0) is 17.4. The quantitative estimate of drug-likeness (QED) is 0.931. The maximum atomic E-state index is 12.5. The number of hydrogen-bond acceptors (Lipinski definition) is 4. The van der Waals surface area contributed by atoms with Crippen molar-refractivity contribution in [2.75, 3.05) is 18.0 Å². The van der Waals surface area contributed by atoms with Gasteiger partial charge in [-0.15, -0.1) is 0 Å². The van der Waals surface area contributed by atoms with E-state index < -0.39 is 0 Å². The summed E-state index contributed by atoms with van der Waals surface area (Å²) in [6, 6.07) is 0.186. The highest BCUT2D eigenvalue weighted by atomic mass is 16.2. The Balaban J connectivity index is 1.65. The van der Waals surface area contributed by atoms with E-state index >= 15 is 0 Å². The summed E-state index contributed by atoms with van der Waals surface area (Å²) < 4.78 is 2.00. The summed E-state index contributed by atoms with van der Waals surface area (Å²) >= 11 is 0. The van der Waals surface area contributed by atoms with E-state index in [1.165, 1.54) is 24.1 Å². The van der Waals surface area contributed by atoms with Gasteiger partial charge < -0.3 is 10.2 Å². The molecular weight excluding hydrogens is 314 g/mol. The largest absolute Gasteiger partial charge is 0.354 e. The van der Waals surface area contributed by atoms with Crippen LogP contribution in [0, 0.1) is 5.92 Å². The number of carbonyl (C=O) groups is 1. The molecule has 2 aromatic heterocycles. The van der Waals surface area contributed by atoms with Crippen molar-refractivity contribution < 1.29 is 4.79 Å². The van der Waals surface area contributed by atoms with Crippen LogP contribution < -0.4 is 10.2 Å². The lowest BCUT2D eigenvalue weighted by Crippen LogP contribution is -2.45. The molecule has 0 bridgehead atoms. The molecule has 1 aliphatic carbocycles. The molecule has 25 heavy (non-hydrogen) atoms. The standard InChI is InChI=1S/C19H27N5O/c1-13(2)21-19(25)14-6-5-10-23(12-14)18-17-15-7-3-4-8-16(15)22-24(17)11-9-20-18/h9,11,13-14H,3-8,10,12H2,1-2H3,(H,21,25)/t14-/m1/s1. The Hall–Kier alpha value is -2.11. The van der Waals surface area contributed by atoms with Crippen LogP contribution >= 0.6 is 0 Å². The van der Waals surface area contributed by atoms with Gasteiger partial charge in [0.25, 0.3) is 0 Å². The molecule has 1 saturated heterocycles. The third-order valence-electron chi connectivity index (χ3n) is 5.32. The van der Waals surface area contributed by atoms with E-state index in [1.807, 2.05) is 30.8 Å². The molecule has 6 nitrogen and oxygen atoms in total. The SMILES string of the molecule is CC(C)NC(=O)[C@@H]1CCCN(c2nccn3nc4c(c23)CCCC4)C1. The van der Waals surface area contributed by atoms with Crippen molar-refractivity contribution >= 4 is 17.2 Å². The first-order chi connectivity index (χ1) is 12.1. The molecule has 1 atom stereocenters. The number of nitrogens with one attached hydrogen (secondary N) is 1. The molecule has 0 aromatic carbocycles. The molecule has 134 valence electrons. The number of anilines is 1. The molecule has 1 N–H and O–H groups in total. The first-order valence-corrected chi connectivity index (χ1v) is 9.54. The predicted octanol–water partition coefficient (Wildman–Crippen LogP) is 2.35. The van der Waals surface area contributed by atoms with Gasteiger partial charge in [-0.25, -0.2) is 9.50 Å². The Labute approximate surface area is 148 Å². The second-order valence-electron chi connectivity index (χ2n) is 7.62. The van der Waals surface area contributed by atoms with E-state index in [4.69, 9.17) is 10.1 Å². The minimum atomic E-state index is 0.0388. The summed E-state index contributed by atoms with van der Waals surface area (Å²) in [5.74, 6) is 1.21. The number of carbonyl (C=O) groups excluding carboxylic acids is 1. The van der Waals surface area contributed by atoms with Gasteiger partial charge in [0.15, 0.2) is 5.82 Å². The van der Waals surface area contributed by atoms with E-state index in [-0.39, 0.29) is 17.9 Å². The number of aryl methyl sites for hydroxylation is 2. The van der Waals surface area contributed by atoms with Crippen LogP contribution in [0.2, 0.25) is 0 Å². The zero-order valence-corrected chi connectivity index (χ0v) is 15.2. The molecule has 1 amide bonds. The van der Waals surface area contributed by atoms with Crippen LogP contribution in [0.25, 0.3) is 5.52 Å². The Morgan fingerprint density at radius 2 is 2.12 bits per heavy atom. The maximum Gasteiger partial charge on any atom is 0.225 e. The molecule has 6 heteroatoms. The third-order valence-corrected chi connectivity index (χ3v) is 5.32. The lowest BCUT2D eigenvalue weighted by Gasteiger charge is -2.33. The van der Waals surface area contributed by atoms with Crippen molar-refractivity contribution in [3.63, 3.8) is 0 Å². The normalized spacial score (nSPS) is 20.8. The first kappa shape index (κ1) is 16.4. The highest BCUT2D eigenvalue weighted by molar-refractivity contribution is 5.81. The van der Waals surface area contributed by atoms with Crippen molar-refractivity contribution in [2.45, 2.75) is 58.4 Å². The van der Waals surface area contributed by atoms with E-state index in [0.29, 0.717) is 0 Å². The number of fused-ring (bicyclic) bond motifs is 3. The highest BCUT2D eigenvalue weighted by Gasteiger charge is 2.29. The van der Waals surface area contributed by atoms with Crippen LogP contribution in [0.3, 0.4) is 0 Å². The van der Waals surface area contributed by atoms with Gasteiger partial charge in [-0.2, -0.15) is 5.10 Å². The number of piperidine rings is 1. The minimum Gasteiger partial charge on any atom is -0.354 e. The van der Waals surface area contributed by atoms with Crippen molar-refractivity contribution in [3.05, 3.63) is 23.7 Å². The molecule has 0 spiro atoms. The van der Waals surface area contributed by atoms with Crippen LogP contribution in [0.5, 0.6) is 0 Å². The molecule has 1 aliphatic heterocycles. The molecule has 0 unspecified atom stereocenters. The molecule has 3 heterocycles. The summed E-state index contributed by atoms with van der Waals surface area (Å²) in [5, 5.41) is 7.84. The van der Waals surface area contributed by atoms with Crippen LogP contribution in [0.15, 0.2) is 12.4 Å². The summed E-state index contributed by atoms with van der Waals surface area (Å²) in [6.45, 7) is 5.72. The fourth-order valence-corrected chi connectivity index (χ4v) is 4.16. The number of hydrogen-bond donors (Lipinski definition) is 1.